The molecule has 0 bridgehead atoms. The summed E-state index contributed by atoms with van der Waals surface area (Å²) in [5.41, 5.74) is 9.00. The van der Waals surface area contributed by atoms with Crippen LogP contribution in [0.4, 0.5) is 0 Å². The second-order valence-electron chi connectivity index (χ2n) is 6.88. The summed E-state index contributed by atoms with van der Waals surface area (Å²) in [5, 5.41) is 3.06. The largest absolute Gasteiger partial charge is 0.345 e. The molecule has 1 atom stereocenters. The number of carbonyl (C=O) groups is 1. The van der Waals surface area contributed by atoms with Crippen molar-refractivity contribution in [1.29, 1.82) is 0 Å². The molecule has 3 aromatic rings. The Morgan fingerprint density at radius 3 is 2.37 bits per heavy atom. The number of imidazole rings is 1. The van der Waals surface area contributed by atoms with Gasteiger partial charge in [-0.25, -0.2) is 4.98 Å². The van der Waals surface area contributed by atoms with E-state index in [4.69, 9.17) is 5.73 Å². The number of fused-ring (bicyclic) bond motifs is 1. The Kier molecular flexibility index (Phi) is 7.84. The van der Waals surface area contributed by atoms with E-state index >= 15 is 0 Å². The molecule has 1 aromatic heterocycles. The summed E-state index contributed by atoms with van der Waals surface area (Å²) in [4.78, 5) is 16.9. The van der Waals surface area contributed by atoms with E-state index in [0.29, 0.717) is 12.1 Å². The van der Waals surface area contributed by atoms with Gasteiger partial charge in [0.05, 0.1) is 16.6 Å². The van der Waals surface area contributed by atoms with E-state index in [1.54, 1.807) is 6.33 Å². The summed E-state index contributed by atoms with van der Waals surface area (Å²) < 4.78 is 2.01. The molecule has 7 heteroatoms. The molecule has 1 heterocycles. The fourth-order valence-electron chi connectivity index (χ4n) is 2.70. The maximum Gasteiger partial charge on any atom is 0.251 e. The minimum Gasteiger partial charge on any atom is -0.345 e. The van der Waals surface area contributed by atoms with Crippen molar-refractivity contribution in [2.75, 3.05) is 6.54 Å². The summed E-state index contributed by atoms with van der Waals surface area (Å²) in [6.07, 6.45) is 1.80. The number of carbonyl (C=O) groups excluding carboxylic acids is 1. The predicted octanol–water partition coefficient (Wildman–Crippen LogP) is 3.97. The Bertz CT molecular complexity index is 892. The van der Waals surface area contributed by atoms with Crippen LogP contribution in [0, 0.1) is 5.92 Å². The van der Waals surface area contributed by atoms with Gasteiger partial charge in [0.2, 0.25) is 0 Å². The number of rotatable bonds is 5. The smallest absolute Gasteiger partial charge is 0.251 e. The van der Waals surface area contributed by atoms with Crippen LogP contribution >= 0.6 is 24.8 Å². The fourth-order valence-corrected chi connectivity index (χ4v) is 2.70. The van der Waals surface area contributed by atoms with Gasteiger partial charge in [0, 0.05) is 17.8 Å². The van der Waals surface area contributed by atoms with E-state index in [-0.39, 0.29) is 36.6 Å². The monoisotopic (exact) mass is 408 g/mol. The van der Waals surface area contributed by atoms with Crippen LogP contribution in [0.15, 0.2) is 54.9 Å². The lowest BCUT2D eigenvalue weighted by atomic mass is 9.88. The fraction of sp³-hybridized carbons (Fsp3) is 0.300. The van der Waals surface area contributed by atoms with Gasteiger partial charge in [-0.2, -0.15) is 0 Å². The standard InChI is InChI=1S/C20H24N4O.2ClH/c1-14(2)20(3,12-21)23-19(25)15-8-10-16(11-9-15)24-13-22-17-6-4-5-7-18(17)24;;/h4-11,13-14H,12,21H2,1-3H3,(H,23,25);2*1H. The normalized spacial score (nSPS) is 12.8. The van der Waals surface area contributed by atoms with Gasteiger partial charge in [-0.1, -0.05) is 26.0 Å². The zero-order valence-electron chi connectivity index (χ0n) is 15.7. The van der Waals surface area contributed by atoms with Crippen molar-refractivity contribution in [1.82, 2.24) is 14.9 Å². The molecular weight excluding hydrogens is 383 g/mol. The Hall–Kier alpha value is -2.08. The van der Waals surface area contributed by atoms with Gasteiger partial charge in [0.25, 0.3) is 5.91 Å². The minimum atomic E-state index is -0.420. The average molecular weight is 409 g/mol. The van der Waals surface area contributed by atoms with E-state index in [1.165, 1.54) is 0 Å². The van der Waals surface area contributed by atoms with Crippen molar-refractivity contribution < 1.29 is 4.79 Å². The summed E-state index contributed by atoms with van der Waals surface area (Å²) >= 11 is 0. The summed E-state index contributed by atoms with van der Waals surface area (Å²) in [6.45, 7) is 6.48. The quantitative estimate of drug-likeness (QED) is 0.670. The second kappa shape index (κ2) is 9.22. The highest BCUT2D eigenvalue weighted by atomic mass is 35.5. The van der Waals surface area contributed by atoms with Gasteiger partial charge in [0.1, 0.15) is 6.33 Å². The van der Waals surface area contributed by atoms with Crippen molar-refractivity contribution in [2.45, 2.75) is 26.3 Å². The van der Waals surface area contributed by atoms with Gasteiger partial charge in [0.15, 0.2) is 0 Å². The van der Waals surface area contributed by atoms with E-state index in [9.17, 15) is 4.79 Å². The molecule has 27 heavy (non-hydrogen) atoms. The molecule has 3 rings (SSSR count). The van der Waals surface area contributed by atoms with Crippen molar-refractivity contribution >= 4 is 41.8 Å². The second-order valence-corrected chi connectivity index (χ2v) is 6.88. The van der Waals surface area contributed by atoms with Crippen LogP contribution < -0.4 is 11.1 Å². The highest BCUT2D eigenvalue weighted by molar-refractivity contribution is 5.95. The Morgan fingerprint density at radius 2 is 1.78 bits per heavy atom. The molecule has 0 radical (unpaired) electrons. The van der Waals surface area contributed by atoms with Gasteiger partial charge in [-0.3, -0.25) is 9.36 Å². The number of amides is 1. The zero-order valence-corrected chi connectivity index (χ0v) is 17.3. The Balaban J connectivity index is 0.00000182. The molecular formula is C20H26Cl2N4O. The number of benzene rings is 2. The molecule has 146 valence electrons. The van der Waals surface area contributed by atoms with Crippen molar-refractivity contribution in [2.24, 2.45) is 11.7 Å². The summed E-state index contributed by atoms with van der Waals surface area (Å²) in [5.74, 6) is 0.140. The molecule has 0 aliphatic heterocycles. The third-order valence-electron chi connectivity index (χ3n) is 4.96. The summed E-state index contributed by atoms with van der Waals surface area (Å²) in [7, 11) is 0. The number of nitrogens with zero attached hydrogens (tertiary/aromatic N) is 2. The van der Waals surface area contributed by atoms with Crippen LogP contribution in [0.3, 0.4) is 0 Å². The Labute approximate surface area is 172 Å². The molecule has 2 aromatic carbocycles. The van der Waals surface area contributed by atoms with E-state index in [2.05, 4.69) is 24.1 Å². The maximum absolute atomic E-state index is 12.5. The minimum absolute atomic E-state index is 0. The number of nitrogens with two attached hydrogens (primary N) is 1. The maximum atomic E-state index is 12.5. The number of hydrogen-bond acceptors (Lipinski definition) is 3. The number of hydrogen-bond donors (Lipinski definition) is 2. The van der Waals surface area contributed by atoms with Gasteiger partial charge < -0.3 is 11.1 Å². The summed E-state index contributed by atoms with van der Waals surface area (Å²) in [6, 6.07) is 15.5. The lowest BCUT2D eigenvalue weighted by Gasteiger charge is -2.33. The Morgan fingerprint density at radius 1 is 1.15 bits per heavy atom. The van der Waals surface area contributed by atoms with Crippen LogP contribution in [0.1, 0.15) is 31.1 Å². The molecule has 0 aliphatic carbocycles. The molecule has 3 N–H and O–H groups in total. The highest BCUT2D eigenvalue weighted by Crippen LogP contribution is 2.19. The van der Waals surface area contributed by atoms with Crippen molar-refractivity contribution in [3.63, 3.8) is 0 Å². The molecule has 1 amide bonds. The number of aromatic nitrogens is 2. The molecule has 5 nitrogen and oxygen atoms in total. The van der Waals surface area contributed by atoms with Crippen LogP contribution in [0.2, 0.25) is 0 Å². The highest BCUT2D eigenvalue weighted by Gasteiger charge is 2.28. The molecule has 0 spiro atoms. The topological polar surface area (TPSA) is 72.9 Å². The molecule has 0 aliphatic rings. The number of para-hydroxylation sites is 2. The van der Waals surface area contributed by atoms with Crippen LogP contribution in [-0.4, -0.2) is 27.5 Å². The first-order valence-electron chi connectivity index (χ1n) is 8.50. The first-order chi connectivity index (χ1) is 11.9. The number of halogens is 2. The predicted molar refractivity (Wildman–Crippen MR) is 115 cm³/mol. The van der Waals surface area contributed by atoms with Crippen LogP contribution in [0.25, 0.3) is 16.7 Å². The lowest BCUT2D eigenvalue weighted by Crippen LogP contribution is -2.55. The van der Waals surface area contributed by atoms with Gasteiger partial charge in [-0.15, -0.1) is 24.8 Å². The molecule has 0 fully saturated rings. The molecule has 0 saturated carbocycles. The van der Waals surface area contributed by atoms with E-state index in [0.717, 1.165) is 16.7 Å². The first-order valence-corrected chi connectivity index (χ1v) is 8.50. The third-order valence-corrected chi connectivity index (χ3v) is 4.96. The van der Waals surface area contributed by atoms with E-state index in [1.807, 2.05) is 60.0 Å². The van der Waals surface area contributed by atoms with E-state index < -0.39 is 5.54 Å². The lowest BCUT2D eigenvalue weighted by molar-refractivity contribution is 0.0883. The van der Waals surface area contributed by atoms with Crippen molar-refractivity contribution in [3.05, 3.63) is 60.4 Å². The van der Waals surface area contributed by atoms with Gasteiger partial charge in [-0.05, 0) is 49.2 Å². The SMILES string of the molecule is CC(C)C(C)(CN)NC(=O)c1ccc(-n2cnc3ccccc32)cc1.Cl.Cl. The number of nitrogens with one attached hydrogen (secondary N) is 1. The van der Waals surface area contributed by atoms with Crippen LogP contribution in [-0.2, 0) is 0 Å². The zero-order chi connectivity index (χ0) is 18.0. The van der Waals surface area contributed by atoms with Gasteiger partial charge >= 0.3 is 0 Å². The first kappa shape index (κ1) is 23.0. The third kappa shape index (κ3) is 4.61. The van der Waals surface area contributed by atoms with Crippen LogP contribution in [0.5, 0.6) is 0 Å². The average Bonchev–Trinajstić information content (AvgIpc) is 3.05. The molecule has 1 unspecified atom stereocenters. The molecule has 0 saturated heterocycles. The van der Waals surface area contributed by atoms with Crippen molar-refractivity contribution in [3.8, 4) is 5.69 Å².